The molecule has 1 atom stereocenters. The van der Waals surface area contributed by atoms with Gasteiger partial charge in [0.05, 0.1) is 41.8 Å². The number of halogens is 1. The molecule has 2 aliphatic heterocycles. The lowest BCUT2D eigenvalue weighted by molar-refractivity contribution is 0.0730. The topological polar surface area (TPSA) is 88.2 Å². The van der Waals surface area contributed by atoms with Crippen molar-refractivity contribution in [3.8, 4) is 5.75 Å². The first-order chi connectivity index (χ1) is 16.4. The Morgan fingerprint density at radius 3 is 2.53 bits per heavy atom. The van der Waals surface area contributed by atoms with Crippen LogP contribution in [0.2, 0.25) is 5.02 Å². The molecular weight excluding hydrogens is 478 g/mol. The lowest BCUT2D eigenvalue weighted by Gasteiger charge is -2.29. The van der Waals surface area contributed by atoms with Gasteiger partial charge in [0.15, 0.2) is 0 Å². The normalized spacial score (nSPS) is 18.5. The number of morpholine rings is 1. The van der Waals surface area contributed by atoms with Gasteiger partial charge in [0, 0.05) is 25.2 Å². The highest BCUT2D eigenvalue weighted by Crippen LogP contribution is 2.31. The second-order valence-corrected chi connectivity index (χ2v) is 10.7. The van der Waals surface area contributed by atoms with Gasteiger partial charge in [-0.15, -0.1) is 0 Å². The quantitative estimate of drug-likeness (QED) is 0.591. The maximum Gasteiger partial charge on any atom is 0.252 e. The van der Waals surface area contributed by atoms with Gasteiger partial charge in [-0.2, -0.15) is 4.31 Å². The van der Waals surface area contributed by atoms with E-state index in [1.54, 1.807) is 7.11 Å². The van der Waals surface area contributed by atoms with Crippen molar-refractivity contribution in [1.82, 2.24) is 14.5 Å². The first-order valence-electron chi connectivity index (χ1n) is 11.4. The molecule has 0 aliphatic carbocycles. The molecule has 2 aromatic carbocycles. The minimum atomic E-state index is -3.74. The number of methoxy groups -OCH3 is 1. The number of ether oxygens (including phenoxy) is 2. The first-order valence-corrected chi connectivity index (χ1v) is 13.3. The van der Waals surface area contributed by atoms with Crippen LogP contribution in [0.25, 0.3) is 0 Å². The van der Waals surface area contributed by atoms with E-state index in [9.17, 15) is 13.2 Å². The number of benzene rings is 2. The maximum absolute atomic E-state index is 13.2. The average molecular weight is 508 g/mol. The molecule has 2 aromatic rings. The van der Waals surface area contributed by atoms with Gasteiger partial charge >= 0.3 is 0 Å². The number of nitrogens with zero attached hydrogens (tertiary/aromatic N) is 2. The molecule has 34 heavy (non-hydrogen) atoms. The van der Waals surface area contributed by atoms with Crippen molar-refractivity contribution in [2.45, 2.75) is 23.8 Å². The summed E-state index contributed by atoms with van der Waals surface area (Å²) in [5.74, 6) is 0.355. The van der Waals surface area contributed by atoms with E-state index in [1.165, 1.54) is 22.5 Å². The van der Waals surface area contributed by atoms with Gasteiger partial charge in [0.1, 0.15) is 5.75 Å². The van der Waals surface area contributed by atoms with E-state index in [0.717, 1.165) is 37.2 Å². The van der Waals surface area contributed by atoms with Gasteiger partial charge in [-0.1, -0.05) is 29.8 Å². The highest BCUT2D eigenvalue weighted by Gasteiger charge is 2.29. The van der Waals surface area contributed by atoms with Gasteiger partial charge in [0.2, 0.25) is 10.0 Å². The zero-order chi connectivity index (χ0) is 24.1. The first kappa shape index (κ1) is 24.9. The van der Waals surface area contributed by atoms with Crippen LogP contribution in [0, 0.1) is 0 Å². The predicted molar refractivity (Wildman–Crippen MR) is 130 cm³/mol. The SMILES string of the molecule is COc1ccccc1[C@@H](CNC(=O)c1cc(S(=O)(=O)N2CCOCC2)ccc1Cl)N1CCCC1. The van der Waals surface area contributed by atoms with Gasteiger partial charge in [-0.05, 0) is 50.2 Å². The van der Waals surface area contributed by atoms with Gasteiger partial charge in [0.25, 0.3) is 5.91 Å². The number of amides is 1. The van der Waals surface area contributed by atoms with E-state index in [0.29, 0.717) is 19.8 Å². The Hall–Kier alpha value is -2.17. The smallest absolute Gasteiger partial charge is 0.252 e. The Bertz CT molecular complexity index is 1120. The number of para-hydroxylation sites is 1. The Balaban J connectivity index is 1.55. The van der Waals surface area contributed by atoms with Crippen LogP contribution < -0.4 is 10.1 Å². The summed E-state index contributed by atoms with van der Waals surface area (Å²) >= 11 is 6.31. The van der Waals surface area contributed by atoms with Crippen molar-refractivity contribution in [1.29, 1.82) is 0 Å². The van der Waals surface area contributed by atoms with Crippen molar-refractivity contribution in [3.05, 3.63) is 58.6 Å². The highest BCUT2D eigenvalue weighted by atomic mass is 35.5. The van der Waals surface area contributed by atoms with E-state index in [-0.39, 0.29) is 34.6 Å². The summed E-state index contributed by atoms with van der Waals surface area (Å²) < 4.78 is 38.3. The Labute approximate surface area is 205 Å². The molecule has 0 unspecified atom stereocenters. The fourth-order valence-corrected chi connectivity index (χ4v) is 6.13. The molecule has 0 saturated carbocycles. The summed E-state index contributed by atoms with van der Waals surface area (Å²) in [6.45, 7) is 3.48. The summed E-state index contributed by atoms with van der Waals surface area (Å²) in [5.41, 5.74) is 1.14. The number of likely N-dealkylation sites (tertiary alicyclic amines) is 1. The molecule has 2 fully saturated rings. The summed E-state index contributed by atoms with van der Waals surface area (Å²) in [7, 11) is -2.10. The van der Waals surface area contributed by atoms with Gasteiger partial charge in [-0.3, -0.25) is 9.69 Å². The molecular formula is C24H30ClN3O5S. The number of nitrogens with one attached hydrogen (secondary N) is 1. The van der Waals surface area contributed by atoms with Gasteiger partial charge < -0.3 is 14.8 Å². The standard InChI is InChI=1S/C24H30ClN3O5S/c1-32-23-7-3-2-6-19(23)22(27-10-4-5-11-27)17-26-24(29)20-16-18(8-9-21(20)25)34(30,31)28-12-14-33-15-13-28/h2-3,6-9,16,22H,4-5,10-15,17H2,1H3,(H,26,29)/t22-/m1/s1. The summed E-state index contributed by atoms with van der Waals surface area (Å²) in [6.07, 6.45) is 2.21. The lowest BCUT2D eigenvalue weighted by atomic mass is 10.0. The third kappa shape index (κ3) is 5.39. The summed E-state index contributed by atoms with van der Waals surface area (Å²) in [4.78, 5) is 15.5. The zero-order valence-corrected chi connectivity index (χ0v) is 20.8. The summed E-state index contributed by atoms with van der Waals surface area (Å²) in [5, 5.41) is 3.18. The number of sulfonamides is 1. The fourth-order valence-electron chi connectivity index (χ4n) is 4.49. The third-order valence-corrected chi connectivity index (χ3v) is 8.55. The fraction of sp³-hybridized carbons (Fsp3) is 0.458. The Morgan fingerprint density at radius 1 is 1.12 bits per heavy atom. The number of hydrogen-bond acceptors (Lipinski definition) is 6. The predicted octanol–water partition coefficient (Wildman–Crippen LogP) is 2.94. The number of hydrogen-bond donors (Lipinski definition) is 1. The van der Waals surface area contributed by atoms with Crippen LogP contribution in [0.1, 0.15) is 34.8 Å². The maximum atomic E-state index is 13.2. The number of rotatable bonds is 8. The van der Waals surface area contributed by atoms with Crippen molar-refractivity contribution in [2.75, 3.05) is 53.0 Å². The van der Waals surface area contributed by atoms with Gasteiger partial charge in [-0.25, -0.2) is 8.42 Å². The number of carbonyl (C=O) groups excluding carboxylic acids is 1. The molecule has 2 aliphatic rings. The Morgan fingerprint density at radius 2 is 1.82 bits per heavy atom. The van der Waals surface area contributed by atoms with Crippen LogP contribution in [0.15, 0.2) is 47.4 Å². The highest BCUT2D eigenvalue weighted by molar-refractivity contribution is 7.89. The zero-order valence-electron chi connectivity index (χ0n) is 19.2. The van der Waals surface area contributed by atoms with Crippen molar-refractivity contribution in [3.63, 3.8) is 0 Å². The molecule has 0 aromatic heterocycles. The molecule has 4 rings (SSSR count). The van der Waals surface area contributed by atoms with E-state index >= 15 is 0 Å². The molecule has 1 amide bonds. The van der Waals surface area contributed by atoms with Crippen molar-refractivity contribution >= 4 is 27.5 Å². The van der Waals surface area contributed by atoms with E-state index in [1.807, 2.05) is 24.3 Å². The third-order valence-electron chi connectivity index (χ3n) is 6.33. The average Bonchev–Trinajstić information content (AvgIpc) is 3.39. The minimum Gasteiger partial charge on any atom is -0.496 e. The van der Waals surface area contributed by atoms with Crippen LogP contribution in [0.3, 0.4) is 0 Å². The summed E-state index contributed by atoms with van der Waals surface area (Å²) in [6, 6.07) is 12.0. The van der Waals surface area contributed by atoms with E-state index < -0.39 is 15.9 Å². The lowest BCUT2D eigenvalue weighted by Crippen LogP contribution is -2.40. The van der Waals surface area contributed by atoms with E-state index in [4.69, 9.17) is 21.1 Å². The van der Waals surface area contributed by atoms with E-state index in [2.05, 4.69) is 10.2 Å². The van der Waals surface area contributed by atoms with Crippen molar-refractivity contribution in [2.24, 2.45) is 0 Å². The van der Waals surface area contributed by atoms with Crippen LogP contribution in [-0.2, 0) is 14.8 Å². The molecule has 8 nitrogen and oxygen atoms in total. The van der Waals surface area contributed by atoms with Crippen LogP contribution in [0.5, 0.6) is 5.75 Å². The molecule has 184 valence electrons. The van der Waals surface area contributed by atoms with Crippen LogP contribution in [0.4, 0.5) is 0 Å². The molecule has 0 bridgehead atoms. The molecule has 0 spiro atoms. The number of carbonyl (C=O) groups is 1. The molecule has 0 radical (unpaired) electrons. The van der Waals surface area contributed by atoms with Crippen LogP contribution in [-0.4, -0.2) is 76.6 Å². The Kier molecular flexibility index (Phi) is 8.10. The molecule has 2 heterocycles. The monoisotopic (exact) mass is 507 g/mol. The van der Waals surface area contributed by atoms with Crippen molar-refractivity contribution < 1.29 is 22.7 Å². The second kappa shape index (κ2) is 11.0. The minimum absolute atomic E-state index is 0.0461. The molecule has 2 saturated heterocycles. The molecule has 10 heteroatoms. The molecule has 1 N–H and O–H groups in total. The largest absolute Gasteiger partial charge is 0.496 e. The second-order valence-electron chi connectivity index (χ2n) is 8.37. The van der Waals surface area contributed by atoms with Crippen LogP contribution >= 0.6 is 11.6 Å².